The molecule has 3 aliphatic heterocycles. The summed E-state index contributed by atoms with van der Waals surface area (Å²) in [7, 11) is 0. The summed E-state index contributed by atoms with van der Waals surface area (Å²) in [5.41, 5.74) is 29.1. The highest BCUT2D eigenvalue weighted by Gasteiger charge is 2.59. The lowest BCUT2D eigenvalue weighted by atomic mass is 9.33. The molecule has 4 heterocycles. The van der Waals surface area contributed by atoms with Crippen LogP contribution in [0.15, 0.2) is 150 Å². The zero-order valence-electron chi connectivity index (χ0n) is 52.5. The minimum Gasteiger partial charge on any atom is -0.456 e. The minimum absolute atomic E-state index is 0.000430. The molecule has 7 aliphatic rings. The smallest absolute Gasteiger partial charge is 0.252 e. The normalized spacial score (nSPS) is 23.7. The molecule has 2 atom stereocenters. The van der Waals surface area contributed by atoms with Crippen molar-refractivity contribution in [2.75, 3.05) is 14.7 Å². The van der Waals surface area contributed by atoms with Crippen LogP contribution in [0, 0.1) is 0 Å². The molecular weight excluding hydrogens is 1020 g/mol. The zero-order valence-corrected chi connectivity index (χ0v) is 52.5. The van der Waals surface area contributed by atoms with E-state index in [0.29, 0.717) is 0 Å². The zero-order chi connectivity index (χ0) is 58.2. The Morgan fingerprint density at radius 2 is 0.881 bits per heavy atom. The monoisotopic (exact) mass is 1100 g/mol. The van der Waals surface area contributed by atoms with E-state index in [0.717, 1.165) is 66.2 Å². The molecule has 5 heteroatoms. The Balaban J connectivity index is 1.06. The molecule has 9 aromatic rings. The topological polar surface area (TPSA) is 22.9 Å². The van der Waals surface area contributed by atoms with Crippen molar-refractivity contribution in [1.29, 1.82) is 0 Å². The summed E-state index contributed by atoms with van der Waals surface area (Å²) >= 11 is 0. The van der Waals surface area contributed by atoms with Crippen LogP contribution in [0.1, 0.15) is 194 Å². The first kappa shape index (κ1) is 52.6. The fourth-order valence-corrected chi connectivity index (χ4v) is 18.7. The molecule has 84 heavy (non-hydrogen) atoms. The standard InChI is InChI=1S/C79H84BN3O/c1-72(2)34-35-73(3,4)56-39-50(28-30-55(56)72)81-65-45-59-57(74(5,6)36-37-75(59,7)8)43-62(65)80-63-44-58-60(77(11,12)47-76(58,9)10)46-66(63)82(51-27-29-54-53-24-18-19-25-69(53)84-70(54)42-51)68-41-52(40-67(81)71(68)80)83-64-31-26-49(48-22-16-15-17-23-48)38-61(64)78(13)32-20-21-33-79(78,83)14/h15-19,22-31,38-46H,20-21,32-37,47H2,1-14H3. The van der Waals surface area contributed by atoms with E-state index in [1.54, 1.807) is 0 Å². The largest absolute Gasteiger partial charge is 0.456 e. The van der Waals surface area contributed by atoms with Crippen molar-refractivity contribution >= 4 is 90.5 Å². The van der Waals surface area contributed by atoms with E-state index >= 15 is 0 Å². The fourth-order valence-electron chi connectivity index (χ4n) is 18.7. The summed E-state index contributed by atoms with van der Waals surface area (Å²) in [6.07, 6.45) is 10.4. The van der Waals surface area contributed by atoms with Gasteiger partial charge in [-0.1, -0.05) is 176 Å². The van der Waals surface area contributed by atoms with Crippen LogP contribution in [0.5, 0.6) is 0 Å². The third-order valence-electron chi connectivity index (χ3n) is 23.7. The molecule has 0 radical (unpaired) electrons. The quantitative estimate of drug-likeness (QED) is 0.164. The molecule has 1 fully saturated rings. The molecule has 4 nitrogen and oxygen atoms in total. The van der Waals surface area contributed by atoms with E-state index in [9.17, 15) is 0 Å². The van der Waals surface area contributed by atoms with Gasteiger partial charge >= 0.3 is 0 Å². The van der Waals surface area contributed by atoms with Crippen molar-refractivity contribution in [3.8, 4) is 11.1 Å². The van der Waals surface area contributed by atoms with Gasteiger partial charge in [0, 0.05) is 67.8 Å². The summed E-state index contributed by atoms with van der Waals surface area (Å²) in [5.74, 6) is 0. The third kappa shape index (κ3) is 7.08. The van der Waals surface area contributed by atoms with E-state index in [1.807, 2.05) is 0 Å². The van der Waals surface area contributed by atoms with E-state index in [2.05, 4.69) is 257 Å². The van der Waals surface area contributed by atoms with Crippen LogP contribution in [0.4, 0.5) is 45.5 Å². The molecule has 8 aromatic carbocycles. The molecule has 4 aliphatic carbocycles. The predicted octanol–water partition coefficient (Wildman–Crippen LogP) is 19.7. The summed E-state index contributed by atoms with van der Waals surface area (Å²) in [6, 6.07) is 58.1. The van der Waals surface area contributed by atoms with Gasteiger partial charge in [-0.2, -0.15) is 0 Å². The number of fused-ring (bicyclic) bond motifs is 13. The van der Waals surface area contributed by atoms with E-state index in [-0.39, 0.29) is 50.2 Å². The summed E-state index contributed by atoms with van der Waals surface area (Å²) in [4.78, 5) is 8.35. The molecule has 0 spiro atoms. The molecule has 2 unspecified atom stereocenters. The molecule has 1 saturated carbocycles. The van der Waals surface area contributed by atoms with Gasteiger partial charge in [-0.3, -0.25) is 0 Å². The Hall–Kier alpha value is -6.98. The fraction of sp³-hybridized carbons (Fsp3) is 0.392. The van der Waals surface area contributed by atoms with Crippen LogP contribution in [0.2, 0.25) is 0 Å². The SMILES string of the molecule is CC1(C)CCC(C)(C)c2cc(N3c4cc5c(cc4B4c6cc7c(cc6N(c6ccc8c(c6)oc6ccccc68)c6cc(N8c9ccc(-c%10ccccc%10)cc9C9(C)CCCCC89C)cc3c64)C(C)(C)CC7(C)C)C(C)(C)CCC5(C)C)ccc21. The lowest BCUT2D eigenvalue weighted by molar-refractivity contribution is 0.195. The Labute approximate surface area is 500 Å². The van der Waals surface area contributed by atoms with E-state index in [4.69, 9.17) is 4.42 Å². The summed E-state index contributed by atoms with van der Waals surface area (Å²) in [5, 5.41) is 2.31. The van der Waals surface area contributed by atoms with Gasteiger partial charge in [-0.05, 0) is 218 Å². The maximum Gasteiger partial charge on any atom is 0.252 e. The number of benzene rings is 8. The highest BCUT2D eigenvalue weighted by molar-refractivity contribution is 7.00. The average molecular weight is 1100 g/mol. The van der Waals surface area contributed by atoms with Crippen LogP contribution in [0.25, 0.3) is 33.1 Å². The average Bonchev–Trinajstić information content (AvgIpc) is 1.16. The van der Waals surface area contributed by atoms with Crippen molar-refractivity contribution < 1.29 is 4.42 Å². The number of para-hydroxylation sites is 1. The predicted molar refractivity (Wildman–Crippen MR) is 357 cm³/mol. The van der Waals surface area contributed by atoms with Gasteiger partial charge in [0.1, 0.15) is 11.2 Å². The Bertz CT molecular complexity index is 4320. The maximum absolute atomic E-state index is 6.88. The number of hydrogen-bond acceptors (Lipinski definition) is 4. The van der Waals surface area contributed by atoms with Crippen LogP contribution >= 0.6 is 0 Å². The second-order valence-electron chi connectivity index (χ2n) is 31.6. The molecule has 16 rings (SSSR count). The summed E-state index contributed by atoms with van der Waals surface area (Å²) < 4.78 is 6.88. The number of furan rings is 1. The van der Waals surface area contributed by atoms with E-state index < -0.39 is 0 Å². The molecule has 1 aromatic heterocycles. The maximum atomic E-state index is 6.88. The van der Waals surface area contributed by atoms with Gasteiger partial charge in [0.25, 0.3) is 6.71 Å². The van der Waals surface area contributed by atoms with Gasteiger partial charge in [0.15, 0.2) is 0 Å². The van der Waals surface area contributed by atoms with Crippen LogP contribution in [-0.2, 0) is 37.9 Å². The molecule has 0 saturated heterocycles. The Morgan fingerprint density at radius 3 is 1.54 bits per heavy atom. The van der Waals surface area contributed by atoms with Gasteiger partial charge in [0.05, 0.1) is 5.54 Å². The van der Waals surface area contributed by atoms with Gasteiger partial charge in [0.2, 0.25) is 0 Å². The van der Waals surface area contributed by atoms with Crippen molar-refractivity contribution in [2.45, 2.75) is 198 Å². The number of rotatable bonds is 4. The van der Waals surface area contributed by atoms with Crippen molar-refractivity contribution in [3.05, 3.63) is 185 Å². The molecule has 424 valence electrons. The number of anilines is 8. The third-order valence-corrected chi connectivity index (χ3v) is 23.7. The first-order valence-electron chi connectivity index (χ1n) is 32.0. The second kappa shape index (κ2) is 16.9. The van der Waals surface area contributed by atoms with Crippen molar-refractivity contribution in [3.63, 3.8) is 0 Å². The lowest BCUT2D eigenvalue weighted by Crippen LogP contribution is -2.62. The molecule has 0 amide bonds. The van der Waals surface area contributed by atoms with Crippen LogP contribution in [-0.4, -0.2) is 12.3 Å². The Kier molecular flexibility index (Phi) is 10.6. The van der Waals surface area contributed by atoms with Gasteiger partial charge < -0.3 is 19.1 Å². The van der Waals surface area contributed by atoms with E-state index in [1.165, 1.54) is 126 Å². The lowest BCUT2D eigenvalue weighted by Gasteiger charge is -2.51. The molecule has 0 bridgehead atoms. The highest BCUT2D eigenvalue weighted by atomic mass is 16.3. The summed E-state index contributed by atoms with van der Waals surface area (Å²) in [6.45, 7) is 35.2. The Morgan fingerprint density at radius 1 is 0.357 bits per heavy atom. The van der Waals surface area contributed by atoms with Gasteiger partial charge in [-0.25, -0.2) is 0 Å². The first-order valence-corrected chi connectivity index (χ1v) is 32.0. The molecular formula is C79H84BN3O. The highest BCUT2D eigenvalue weighted by Crippen LogP contribution is 2.63. The minimum atomic E-state index is -0.197. The second-order valence-corrected chi connectivity index (χ2v) is 31.6. The number of nitrogens with zero attached hydrogens (tertiary/aromatic N) is 3. The van der Waals surface area contributed by atoms with Gasteiger partial charge in [-0.15, -0.1) is 0 Å². The number of hydrogen-bond donors (Lipinski definition) is 0. The van der Waals surface area contributed by atoms with Crippen molar-refractivity contribution in [1.82, 2.24) is 0 Å². The molecule has 0 N–H and O–H groups in total. The van der Waals surface area contributed by atoms with Crippen LogP contribution in [0.3, 0.4) is 0 Å². The van der Waals surface area contributed by atoms with Crippen LogP contribution < -0.4 is 31.1 Å². The first-order chi connectivity index (χ1) is 39.8. The van der Waals surface area contributed by atoms with Crippen molar-refractivity contribution in [2.24, 2.45) is 0 Å².